The molecule has 6 nitrogen and oxygen atoms in total. The Balaban J connectivity index is 1.54. The highest BCUT2D eigenvalue weighted by Crippen LogP contribution is 2.40. The third-order valence-electron chi connectivity index (χ3n) is 7.00. The molecule has 1 heterocycles. The van der Waals surface area contributed by atoms with Crippen molar-refractivity contribution in [1.29, 1.82) is 0 Å². The lowest BCUT2D eigenvalue weighted by molar-refractivity contribution is -0.138. The number of amides is 1. The van der Waals surface area contributed by atoms with E-state index in [9.17, 15) is 22.8 Å². The van der Waals surface area contributed by atoms with Crippen LogP contribution in [0.2, 0.25) is 0 Å². The van der Waals surface area contributed by atoms with Crippen molar-refractivity contribution in [3.05, 3.63) is 77.0 Å². The van der Waals surface area contributed by atoms with Gasteiger partial charge in [0.2, 0.25) is 0 Å². The number of aliphatic carboxylic acids is 1. The van der Waals surface area contributed by atoms with E-state index < -0.39 is 17.7 Å². The van der Waals surface area contributed by atoms with E-state index in [2.05, 4.69) is 10.6 Å². The topological polar surface area (TPSA) is 91.6 Å². The molecule has 1 unspecified atom stereocenters. The first-order valence-corrected chi connectivity index (χ1v) is 12.8. The van der Waals surface area contributed by atoms with Gasteiger partial charge in [0.05, 0.1) is 18.0 Å². The first-order valence-electron chi connectivity index (χ1n) is 12.8. The number of halogens is 3. The number of carboxylic acid groups (broad SMARTS) is 1. The summed E-state index contributed by atoms with van der Waals surface area (Å²) in [6.07, 6.45) is 0.988. The van der Waals surface area contributed by atoms with Gasteiger partial charge in [-0.15, -0.1) is 0 Å². The van der Waals surface area contributed by atoms with Gasteiger partial charge in [-0.25, -0.2) is 0 Å². The van der Waals surface area contributed by atoms with Gasteiger partial charge in [0, 0.05) is 28.9 Å². The molecule has 1 saturated carbocycles. The van der Waals surface area contributed by atoms with Gasteiger partial charge in [0.25, 0.3) is 5.91 Å². The van der Waals surface area contributed by atoms with Crippen LogP contribution in [0, 0.1) is 12.8 Å². The number of aryl methyl sites for hydroxylation is 1. The van der Waals surface area contributed by atoms with Crippen LogP contribution in [0.4, 0.5) is 18.9 Å². The van der Waals surface area contributed by atoms with E-state index in [1.165, 1.54) is 18.6 Å². The maximum atomic E-state index is 13.0. The van der Waals surface area contributed by atoms with Gasteiger partial charge in [0.1, 0.15) is 11.5 Å². The number of carboxylic acids is 1. The van der Waals surface area contributed by atoms with E-state index >= 15 is 0 Å². The summed E-state index contributed by atoms with van der Waals surface area (Å²) in [5.41, 5.74) is 2.08. The minimum Gasteiger partial charge on any atom is -0.481 e. The normalized spacial score (nSPS) is 15.2. The lowest BCUT2D eigenvalue weighted by atomic mass is 9.81. The summed E-state index contributed by atoms with van der Waals surface area (Å²) in [4.78, 5) is 22.9. The molecule has 1 fully saturated rings. The molecule has 1 amide bonds. The van der Waals surface area contributed by atoms with Gasteiger partial charge in [-0.1, -0.05) is 31.4 Å². The van der Waals surface area contributed by atoms with Crippen LogP contribution in [0.3, 0.4) is 0 Å². The van der Waals surface area contributed by atoms with Crippen LogP contribution < -0.4 is 10.6 Å². The van der Waals surface area contributed by atoms with Gasteiger partial charge in [-0.2, -0.15) is 13.2 Å². The molecule has 3 aromatic rings. The van der Waals surface area contributed by atoms with Crippen LogP contribution >= 0.6 is 0 Å². The Labute approximate surface area is 219 Å². The van der Waals surface area contributed by atoms with E-state index in [-0.39, 0.29) is 24.9 Å². The maximum absolute atomic E-state index is 13.0. The maximum Gasteiger partial charge on any atom is 0.416 e. The molecule has 202 valence electrons. The molecule has 0 saturated heterocycles. The lowest BCUT2D eigenvalue weighted by Gasteiger charge is -2.31. The summed E-state index contributed by atoms with van der Waals surface area (Å²) in [6, 6.07) is 13.8. The smallest absolute Gasteiger partial charge is 0.416 e. The van der Waals surface area contributed by atoms with E-state index in [0.717, 1.165) is 49.1 Å². The van der Waals surface area contributed by atoms with Gasteiger partial charge < -0.3 is 20.2 Å². The largest absolute Gasteiger partial charge is 0.481 e. The molecule has 4 rings (SSSR count). The molecule has 1 aliphatic rings. The summed E-state index contributed by atoms with van der Waals surface area (Å²) >= 11 is 0. The van der Waals surface area contributed by atoms with Gasteiger partial charge in [-0.05, 0) is 68.1 Å². The van der Waals surface area contributed by atoms with Crippen molar-refractivity contribution in [2.45, 2.75) is 57.7 Å². The predicted octanol–water partition coefficient (Wildman–Crippen LogP) is 7.21. The fourth-order valence-corrected chi connectivity index (χ4v) is 4.97. The number of carbonyl (C=O) groups is 2. The molecule has 9 heteroatoms. The molecule has 3 N–H and O–H groups in total. The zero-order valence-electron chi connectivity index (χ0n) is 21.1. The number of alkyl halides is 3. The average molecular weight is 529 g/mol. The number of nitrogens with one attached hydrogen (secondary N) is 2. The molecular weight excluding hydrogens is 497 g/mol. The third-order valence-corrected chi connectivity index (χ3v) is 7.00. The predicted molar refractivity (Wildman–Crippen MR) is 138 cm³/mol. The summed E-state index contributed by atoms with van der Waals surface area (Å²) in [7, 11) is 0. The van der Waals surface area contributed by atoms with Gasteiger partial charge in [0.15, 0.2) is 0 Å². The van der Waals surface area contributed by atoms with Crippen molar-refractivity contribution in [1.82, 2.24) is 5.32 Å². The SMILES string of the molecule is Cc1oc(-c2ccc(C(F)(F)F)cc2)cc1C(Nc1ccc(C(=O)NCCC(=O)O)cc1)C1CCCCC1. The second-order valence-electron chi connectivity index (χ2n) is 9.69. The van der Waals surface area contributed by atoms with Gasteiger partial charge in [-0.3, -0.25) is 9.59 Å². The Morgan fingerprint density at radius 1 is 1.03 bits per heavy atom. The number of hydrogen-bond donors (Lipinski definition) is 3. The highest BCUT2D eigenvalue weighted by Gasteiger charge is 2.31. The van der Waals surface area contributed by atoms with Crippen LogP contribution in [-0.2, 0) is 11.0 Å². The van der Waals surface area contributed by atoms with Crippen molar-refractivity contribution in [3.63, 3.8) is 0 Å². The molecular formula is C29H31F3N2O4. The molecule has 0 spiro atoms. The molecule has 1 aliphatic carbocycles. The van der Waals surface area contributed by atoms with Crippen molar-refractivity contribution >= 4 is 17.6 Å². The minimum absolute atomic E-state index is 0.0545. The van der Waals surface area contributed by atoms with E-state index in [4.69, 9.17) is 9.52 Å². The van der Waals surface area contributed by atoms with Crippen molar-refractivity contribution in [2.24, 2.45) is 5.92 Å². The second-order valence-corrected chi connectivity index (χ2v) is 9.69. The average Bonchev–Trinajstić information content (AvgIpc) is 3.28. The van der Waals surface area contributed by atoms with E-state index in [1.807, 2.05) is 25.1 Å². The Bertz CT molecular complexity index is 1240. The van der Waals surface area contributed by atoms with Crippen LogP contribution in [0.5, 0.6) is 0 Å². The van der Waals surface area contributed by atoms with Gasteiger partial charge >= 0.3 is 12.1 Å². The number of anilines is 1. The Kier molecular flexibility index (Phi) is 8.44. The Morgan fingerprint density at radius 3 is 2.29 bits per heavy atom. The number of furan rings is 1. The van der Waals surface area contributed by atoms with Crippen LogP contribution in [0.1, 0.15) is 71.8 Å². The van der Waals surface area contributed by atoms with Crippen molar-refractivity contribution in [3.8, 4) is 11.3 Å². The van der Waals surface area contributed by atoms with Crippen molar-refractivity contribution in [2.75, 3.05) is 11.9 Å². The molecule has 1 aromatic heterocycles. The molecule has 1 atom stereocenters. The number of hydrogen-bond acceptors (Lipinski definition) is 4. The third kappa shape index (κ3) is 6.76. The highest BCUT2D eigenvalue weighted by atomic mass is 19.4. The first-order chi connectivity index (χ1) is 18.1. The van der Waals surface area contributed by atoms with Crippen LogP contribution in [0.15, 0.2) is 59.0 Å². The molecule has 0 bridgehead atoms. The minimum atomic E-state index is -4.40. The molecule has 2 aromatic carbocycles. The zero-order valence-corrected chi connectivity index (χ0v) is 21.1. The quantitative estimate of drug-likeness (QED) is 0.273. The monoisotopic (exact) mass is 528 g/mol. The fourth-order valence-electron chi connectivity index (χ4n) is 4.97. The zero-order chi connectivity index (χ0) is 27.3. The van der Waals surface area contributed by atoms with Crippen LogP contribution in [0.25, 0.3) is 11.3 Å². The summed E-state index contributed by atoms with van der Waals surface area (Å²) < 4.78 is 45.0. The highest BCUT2D eigenvalue weighted by molar-refractivity contribution is 5.94. The Hall–Kier alpha value is -3.75. The van der Waals surface area contributed by atoms with E-state index in [1.54, 1.807) is 12.1 Å². The lowest BCUT2D eigenvalue weighted by Crippen LogP contribution is -2.26. The molecule has 0 aliphatic heterocycles. The standard InChI is InChI=1S/C29H31F3N2O4/c1-18-24(17-25(38-18)19-7-11-22(12-8-19)29(30,31)32)27(20-5-3-2-4-6-20)34-23-13-9-21(10-14-23)28(37)33-16-15-26(35)36/h7-14,17,20,27,34H,2-6,15-16H2,1H3,(H,33,37)(H,35,36). The summed E-state index contributed by atoms with van der Waals surface area (Å²) in [5, 5.41) is 14.9. The molecule has 0 radical (unpaired) electrons. The number of benzene rings is 2. The molecule has 38 heavy (non-hydrogen) atoms. The van der Waals surface area contributed by atoms with Crippen molar-refractivity contribution < 1.29 is 32.3 Å². The number of carbonyl (C=O) groups excluding carboxylic acids is 1. The van der Waals surface area contributed by atoms with E-state index in [0.29, 0.717) is 28.6 Å². The van der Waals surface area contributed by atoms with Crippen LogP contribution in [-0.4, -0.2) is 23.5 Å². The second kappa shape index (κ2) is 11.8. The first kappa shape index (κ1) is 27.3. The Morgan fingerprint density at radius 2 is 1.68 bits per heavy atom. The fraction of sp³-hybridized carbons (Fsp3) is 0.379. The summed E-state index contributed by atoms with van der Waals surface area (Å²) in [6.45, 7) is 1.92. The summed E-state index contributed by atoms with van der Waals surface area (Å²) in [5.74, 6) is 0.252. The number of rotatable bonds is 9.